The van der Waals surface area contributed by atoms with Crippen LogP contribution >= 0.6 is 0 Å². The molecule has 0 aliphatic carbocycles. The first-order valence-electron chi connectivity index (χ1n) is 4.80. The van der Waals surface area contributed by atoms with E-state index >= 15 is 0 Å². The molecule has 6 heteroatoms. The summed E-state index contributed by atoms with van der Waals surface area (Å²) in [7, 11) is -2.90. The zero-order chi connectivity index (χ0) is 10.3. The third-order valence-electron chi connectivity index (χ3n) is 2.11. The van der Waals surface area contributed by atoms with Crippen LogP contribution in [0.25, 0.3) is 0 Å². The lowest BCUT2D eigenvalue weighted by molar-refractivity contribution is 0.361. The molecule has 0 rings (SSSR count). The van der Waals surface area contributed by atoms with Gasteiger partial charge in [-0.1, -0.05) is 32.6 Å². The SMILES string of the molecule is CCCCCC(CB(O)O)B(O)O. The maximum absolute atomic E-state index is 8.89. The van der Waals surface area contributed by atoms with Crippen LogP contribution < -0.4 is 0 Å². The molecule has 0 radical (unpaired) electrons. The molecule has 0 aromatic carbocycles. The summed E-state index contributed by atoms with van der Waals surface area (Å²) in [5, 5.41) is 35.1. The molecule has 0 fully saturated rings. The third-order valence-corrected chi connectivity index (χ3v) is 2.11. The Morgan fingerprint density at radius 2 is 1.69 bits per heavy atom. The van der Waals surface area contributed by atoms with Crippen LogP contribution in [0.5, 0.6) is 0 Å². The lowest BCUT2D eigenvalue weighted by Gasteiger charge is -2.14. The Kier molecular flexibility index (Phi) is 7.36. The normalized spacial score (nSPS) is 12.7. The van der Waals surface area contributed by atoms with E-state index < -0.39 is 20.1 Å². The van der Waals surface area contributed by atoms with Crippen molar-refractivity contribution in [2.45, 2.75) is 44.7 Å². The van der Waals surface area contributed by atoms with Crippen LogP contribution in [0.2, 0.25) is 12.1 Å². The van der Waals surface area contributed by atoms with E-state index in [1.54, 1.807) is 0 Å². The van der Waals surface area contributed by atoms with Crippen molar-refractivity contribution in [3.63, 3.8) is 0 Å². The molecule has 0 aliphatic rings. The molecule has 0 spiro atoms. The van der Waals surface area contributed by atoms with Gasteiger partial charge in [0.2, 0.25) is 0 Å². The van der Waals surface area contributed by atoms with Crippen LogP contribution in [-0.2, 0) is 0 Å². The summed E-state index contributed by atoms with van der Waals surface area (Å²) >= 11 is 0. The molecule has 1 atom stereocenters. The van der Waals surface area contributed by atoms with E-state index in [9.17, 15) is 0 Å². The highest BCUT2D eigenvalue weighted by molar-refractivity contribution is 6.49. The predicted octanol–water partition coefficient (Wildman–Crippen LogP) is -0.117. The Hall–Kier alpha value is -0.0301. The maximum atomic E-state index is 8.89. The van der Waals surface area contributed by atoms with Gasteiger partial charge in [-0.2, -0.15) is 0 Å². The molecule has 0 aromatic rings. The van der Waals surface area contributed by atoms with E-state index in [0.717, 1.165) is 19.3 Å². The van der Waals surface area contributed by atoms with Gasteiger partial charge in [0, 0.05) is 0 Å². The predicted molar refractivity (Wildman–Crippen MR) is 53.1 cm³/mol. The van der Waals surface area contributed by atoms with Crippen molar-refractivity contribution in [2.24, 2.45) is 0 Å². The molecule has 0 amide bonds. The van der Waals surface area contributed by atoms with Crippen LogP contribution in [0, 0.1) is 0 Å². The van der Waals surface area contributed by atoms with Crippen LogP contribution in [0.1, 0.15) is 32.6 Å². The van der Waals surface area contributed by atoms with Crippen molar-refractivity contribution in [3.05, 3.63) is 0 Å². The first-order chi connectivity index (χ1) is 6.07. The third kappa shape index (κ3) is 7.07. The minimum atomic E-state index is -1.45. The Balaban J connectivity index is 3.67. The summed E-state index contributed by atoms with van der Waals surface area (Å²) in [6, 6.07) is 0. The highest BCUT2D eigenvalue weighted by atomic mass is 16.4. The molecule has 4 nitrogen and oxygen atoms in total. The van der Waals surface area contributed by atoms with Gasteiger partial charge >= 0.3 is 14.2 Å². The van der Waals surface area contributed by atoms with Crippen LogP contribution in [0.4, 0.5) is 0 Å². The molecule has 0 saturated heterocycles. The summed E-state index contributed by atoms with van der Waals surface area (Å²) in [4.78, 5) is 0. The number of rotatable bonds is 7. The minimum Gasteiger partial charge on any atom is -0.427 e. The second-order valence-corrected chi connectivity index (χ2v) is 3.39. The van der Waals surface area contributed by atoms with Crippen LogP contribution in [0.15, 0.2) is 0 Å². The Bertz CT molecular complexity index is 121. The largest absolute Gasteiger partial charge is 0.454 e. The Labute approximate surface area is 79.9 Å². The number of hydrogen-bond donors (Lipinski definition) is 4. The van der Waals surface area contributed by atoms with Gasteiger partial charge in [-0.25, -0.2) is 0 Å². The highest BCUT2D eigenvalue weighted by Crippen LogP contribution is 2.22. The zero-order valence-corrected chi connectivity index (χ0v) is 8.06. The van der Waals surface area contributed by atoms with Crippen molar-refractivity contribution in [1.82, 2.24) is 0 Å². The topological polar surface area (TPSA) is 80.9 Å². The summed E-state index contributed by atoms with van der Waals surface area (Å²) in [6.45, 7) is 2.06. The molecule has 0 bridgehead atoms. The van der Waals surface area contributed by atoms with E-state index in [1.807, 2.05) is 0 Å². The molecule has 0 saturated carbocycles. The molecule has 0 aromatic heterocycles. The molecule has 76 valence electrons. The smallest absolute Gasteiger partial charge is 0.427 e. The average molecular weight is 188 g/mol. The van der Waals surface area contributed by atoms with E-state index in [2.05, 4.69) is 6.92 Å². The standard InChI is InChI=1S/C7H18B2O4/c1-2-3-4-5-7(9(12)13)6-8(10)11/h7,10-13H,2-6H2,1H3. The first-order valence-corrected chi connectivity index (χ1v) is 4.80. The van der Waals surface area contributed by atoms with Gasteiger partial charge in [0.15, 0.2) is 0 Å². The van der Waals surface area contributed by atoms with E-state index in [1.165, 1.54) is 0 Å². The van der Waals surface area contributed by atoms with Gasteiger partial charge in [-0.05, 0) is 12.1 Å². The lowest BCUT2D eigenvalue weighted by Crippen LogP contribution is -2.25. The van der Waals surface area contributed by atoms with Gasteiger partial charge in [0.25, 0.3) is 0 Å². The van der Waals surface area contributed by atoms with Crippen molar-refractivity contribution < 1.29 is 20.1 Å². The molecule has 0 heterocycles. The number of hydrogen-bond acceptors (Lipinski definition) is 4. The minimum absolute atomic E-state index is 0.0291. The zero-order valence-electron chi connectivity index (χ0n) is 8.06. The fourth-order valence-corrected chi connectivity index (χ4v) is 1.32. The Morgan fingerprint density at radius 1 is 1.08 bits per heavy atom. The monoisotopic (exact) mass is 188 g/mol. The molecule has 4 N–H and O–H groups in total. The summed E-state index contributed by atoms with van der Waals surface area (Å²) in [5.41, 5.74) is 0. The molecule has 13 heavy (non-hydrogen) atoms. The fourth-order valence-electron chi connectivity index (χ4n) is 1.32. The van der Waals surface area contributed by atoms with E-state index in [-0.39, 0.29) is 6.32 Å². The van der Waals surface area contributed by atoms with Gasteiger partial charge in [0.1, 0.15) is 0 Å². The molecular formula is C7H18B2O4. The number of unbranched alkanes of at least 4 members (excludes halogenated alkanes) is 2. The maximum Gasteiger partial charge on any atom is 0.454 e. The molecule has 1 unspecified atom stereocenters. The van der Waals surface area contributed by atoms with Crippen LogP contribution in [-0.4, -0.2) is 34.3 Å². The van der Waals surface area contributed by atoms with Gasteiger partial charge in [0.05, 0.1) is 0 Å². The van der Waals surface area contributed by atoms with Crippen LogP contribution in [0.3, 0.4) is 0 Å². The van der Waals surface area contributed by atoms with Crippen molar-refractivity contribution in [3.8, 4) is 0 Å². The van der Waals surface area contributed by atoms with Crippen molar-refractivity contribution in [2.75, 3.05) is 0 Å². The Morgan fingerprint density at radius 3 is 2.08 bits per heavy atom. The van der Waals surface area contributed by atoms with Gasteiger partial charge in [-0.15, -0.1) is 0 Å². The van der Waals surface area contributed by atoms with Gasteiger partial charge < -0.3 is 20.1 Å². The van der Waals surface area contributed by atoms with E-state index in [4.69, 9.17) is 20.1 Å². The van der Waals surface area contributed by atoms with Crippen molar-refractivity contribution >= 4 is 14.2 Å². The summed E-state index contributed by atoms with van der Waals surface area (Å²) in [6.07, 6.45) is 3.65. The first kappa shape index (κ1) is 13.0. The second-order valence-electron chi connectivity index (χ2n) is 3.39. The molecular weight excluding hydrogens is 170 g/mol. The summed E-state index contributed by atoms with van der Waals surface area (Å²) < 4.78 is 0. The second kappa shape index (κ2) is 7.38. The quantitative estimate of drug-likeness (QED) is 0.331. The van der Waals surface area contributed by atoms with Crippen molar-refractivity contribution in [1.29, 1.82) is 0 Å². The fraction of sp³-hybridized carbons (Fsp3) is 1.00. The van der Waals surface area contributed by atoms with E-state index in [0.29, 0.717) is 6.42 Å². The molecule has 0 aliphatic heterocycles. The lowest BCUT2D eigenvalue weighted by atomic mass is 9.60. The average Bonchev–Trinajstić information content (AvgIpc) is 2.02. The summed E-state index contributed by atoms with van der Waals surface area (Å²) in [5.74, 6) is -0.424. The van der Waals surface area contributed by atoms with Gasteiger partial charge in [-0.3, -0.25) is 0 Å². The highest BCUT2D eigenvalue weighted by Gasteiger charge is 2.26.